The third kappa shape index (κ3) is 4.49. The maximum absolute atomic E-state index is 5.48. The highest BCUT2D eigenvalue weighted by Crippen LogP contribution is 2.21. The molecule has 2 fully saturated rings. The highest BCUT2D eigenvalue weighted by molar-refractivity contribution is 7.10. The molecule has 1 N–H and O–H groups in total. The molecule has 24 heavy (non-hydrogen) atoms. The number of guanidine groups is 1. The summed E-state index contributed by atoms with van der Waals surface area (Å²) in [6.07, 6.45) is 1.23. The summed E-state index contributed by atoms with van der Waals surface area (Å²) in [6.45, 7) is 12.3. The van der Waals surface area contributed by atoms with Crippen molar-refractivity contribution in [3.8, 4) is 0 Å². The highest BCUT2D eigenvalue weighted by atomic mass is 32.1. The first-order valence-electron chi connectivity index (χ1n) is 9.16. The van der Waals surface area contributed by atoms with E-state index in [0.29, 0.717) is 12.0 Å². The Morgan fingerprint density at radius 2 is 2.25 bits per heavy atom. The molecule has 0 aromatic carbocycles. The highest BCUT2D eigenvalue weighted by Gasteiger charge is 2.30. The zero-order valence-electron chi connectivity index (χ0n) is 14.9. The molecule has 0 radical (unpaired) electrons. The lowest BCUT2D eigenvalue weighted by Gasteiger charge is -2.32. The standard InChI is InChI=1S/C18H30N4OS/c1-3-19-18(20-13-15(2)17-5-4-12-24-17)22-7-6-16(14-22)21-8-10-23-11-9-21/h4-5,12,15-16H,3,6-11,13-14H2,1-2H3,(H,19,20). The summed E-state index contributed by atoms with van der Waals surface area (Å²) < 4.78 is 5.48. The van der Waals surface area contributed by atoms with Gasteiger partial charge in [-0.15, -0.1) is 11.3 Å². The first-order valence-corrected chi connectivity index (χ1v) is 10.0. The second-order valence-electron chi connectivity index (χ2n) is 6.65. The van der Waals surface area contributed by atoms with Gasteiger partial charge in [-0.25, -0.2) is 0 Å². The number of hydrogen-bond acceptors (Lipinski definition) is 4. The van der Waals surface area contributed by atoms with Crippen LogP contribution in [0, 0.1) is 0 Å². The van der Waals surface area contributed by atoms with Crippen molar-refractivity contribution in [2.75, 3.05) is 52.5 Å². The molecular weight excluding hydrogens is 320 g/mol. The number of rotatable bonds is 5. The van der Waals surface area contributed by atoms with Crippen molar-refractivity contribution in [3.05, 3.63) is 22.4 Å². The average Bonchev–Trinajstić information content (AvgIpc) is 3.30. The Morgan fingerprint density at radius 1 is 1.42 bits per heavy atom. The molecular formula is C18H30N4OS. The second-order valence-corrected chi connectivity index (χ2v) is 7.63. The first-order chi connectivity index (χ1) is 11.8. The lowest BCUT2D eigenvalue weighted by molar-refractivity contribution is 0.0195. The fourth-order valence-electron chi connectivity index (χ4n) is 3.49. The fourth-order valence-corrected chi connectivity index (χ4v) is 4.26. The van der Waals surface area contributed by atoms with Crippen LogP contribution in [0.15, 0.2) is 22.5 Å². The zero-order valence-corrected chi connectivity index (χ0v) is 15.7. The molecule has 2 aliphatic rings. The molecule has 2 unspecified atom stereocenters. The molecule has 2 aliphatic heterocycles. The molecule has 2 atom stereocenters. The smallest absolute Gasteiger partial charge is 0.193 e. The van der Waals surface area contributed by atoms with Crippen molar-refractivity contribution >= 4 is 17.3 Å². The molecule has 1 aromatic rings. The summed E-state index contributed by atoms with van der Waals surface area (Å²) in [5.41, 5.74) is 0. The van der Waals surface area contributed by atoms with Gasteiger partial charge in [0.1, 0.15) is 0 Å². The van der Waals surface area contributed by atoms with Crippen LogP contribution in [0.2, 0.25) is 0 Å². The third-order valence-electron chi connectivity index (χ3n) is 4.90. The minimum absolute atomic E-state index is 0.483. The van der Waals surface area contributed by atoms with Crippen LogP contribution in [-0.4, -0.2) is 74.3 Å². The monoisotopic (exact) mass is 350 g/mol. The van der Waals surface area contributed by atoms with Gasteiger partial charge in [-0.05, 0) is 24.8 Å². The number of morpholine rings is 1. The largest absolute Gasteiger partial charge is 0.379 e. The van der Waals surface area contributed by atoms with Gasteiger partial charge in [-0.3, -0.25) is 9.89 Å². The number of hydrogen-bond donors (Lipinski definition) is 1. The van der Waals surface area contributed by atoms with Crippen LogP contribution in [-0.2, 0) is 4.74 Å². The van der Waals surface area contributed by atoms with Gasteiger partial charge in [0.25, 0.3) is 0 Å². The van der Waals surface area contributed by atoms with Gasteiger partial charge in [0, 0.05) is 49.6 Å². The molecule has 3 rings (SSSR count). The van der Waals surface area contributed by atoms with E-state index in [0.717, 1.165) is 58.4 Å². The van der Waals surface area contributed by atoms with Crippen LogP contribution >= 0.6 is 11.3 Å². The number of nitrogens with zero attached hydrogens (tertiary/aromatic N) is 3. The minimum atomic E-state index is 0.483. The van der Waals surface area contributed by atoms with Crippen molar-refractivity contribution in [1.82, 2.24) is 15.1 Å². The fraction of sp³-hybridized carbons (Fsp3) is 0.722. The summed E-state index contributed by atoms with van der Waals surface area (Å²) in [4.78, 5) is 11.4. The normalized spacial score (nSPS) is 24.3. The predicted molar refractivity (Wildman–Crippen MR) is 101 cm³/mol. The van der Waals surface area contributed by atoms with Gasteiger partial charge < -0.3 is 15.0 Å². The summed E-state index contributed by atoms with van der Waals surface area (Å²) in [5, 5.41) is 5.63. The van der Waals surface area contributed by atoms with Crippen LogP contribution < -0.4 is 5.32 Å². The van der Waals surface area contributed by atoms with E-state index < -0.39 is 0 Å². The quantitative estimate of drug-likeness (QED) is 0.653. The second kappa shape index (κ2) is 8.83. The molecule has 2 saturated heterocycles. The van der Waals surface area contributed by atoms with Crippen molar-refractivity contribution < 1.29 is 4.74 Å². The summed E-state index contributed by atoms with van der Waals surface area (Å²) in [7, 11) is 0. The number of ether oxygens (including phenoxy) is 1. The zero-order chi connectivity index (χ0) is 16.8. The van der Waals surface area contributed by atoms with E-state index in [-0.39, 0.29) is 0 Å². The van der Waals surface area contributed by atoms with Gasteiger partial charge >= 0.3 is 0 Å². The van der Waals surface area contributed by atoms with Crippen molar-refractivity contribution in [1.29, 1.82) is 0 Å². The Hall–Kier alpha value is -1.11. The lowest BCUT2D eigenvalue weighted by atomic mass is 10.1. The Labute approximate surface area is 149 Å². The van der Waals surface area contributed by atoms with Gasteiger partial charge in [0.2, 0.25) is 0 Å². The Kier molecular flexibility index (Phi) is 6.51. The lowest BCUT2D eigenvalue weighted by Crippen LogP contribution is -2.46. The molecule has 1 aromatic heterocycles. The molecule has 0 saturated carbocycles. The average molecular weight is 351 g/mol. The van der Waals surface area contributed by atoms with Crippen molar-refractivity contribution in [2.24, 2.45) is 4.99 Å². The van der Waals surface area contributed by atoms with Crippen LogP contribution in [0.25, 0.3) is 0 Å². The molecule has 0 amide bonds. The van der Waals surface area contributed by atoms with E-state index in [4.69, 9.17) is 9.73 Å². The third-order valence-corrected chi connectivity index (χ3v) is 6.01. The predicted octanol–water partition coefficient (Wildman–Crippen LogP) is 2.22. The van der Waals surface area contributed by atoms with Crippen molar-refractivity contribution in [2.45, 2.75) is 32.2 Å². The molecule has 3 heterocycles. The van der Waals surface area contributed by atoms with E-state index in [9.17, 15) is 0 Å². The number of aliphatic imine (C=N–C) groups is 1. The van der Waals surface area contributed by atoms with E-state index in [1.54, 1.807) is 0 Å². The number of likely N-dealkylation sites (tertiary alicyclic amines) is 1. The molecule has 5 nitrogen and oxygen atoms in total. The van der Waals surface area contributed by atoms with E-state index >= 15 is 0 Å². The van der Waals surface area contributed by atoms with E-state index in [1.165, 1.54) is 11.3 Å². The SMILES string of the molecule is CCNC(=NCC(C)c1cccs1)N1CCC(N2CCOCC2)C1. The number of thiophene rings is 1. The van der Waals surface area contributed by atoms with Crippen LogP contribution in [0.4, 0.5) is 0 Å². The Bertz CT molecular complexity index is 513. The van der Waals surface area contributed by atoms with Crippen LogP contribution in [0.1, 0.15) is 31.1 Å². The summed E-state index contributed by atoms with van der Waals surface area (Å²) >= 11 is 1.83. The first kappa shape index (κ1) is 17.7. The van der Waals surface area contributed by atoms with Gasteiger partial charge in [-0.2, -0.15) is 0 Å². The maximum atomic E-state index is 5.48. The molecule has 0 spiro atoms. The van der Waals surface area contributed by atoms with Gasteiger partial charge in [-0.1, -0.05) is 13.0 Å². The number of nitrogens with one attached hydrogen (secondary N) is 1. The van der Waals surface area contributed by atoms with Crippen LogP contribution in [0.5, 0.6) is 0 Å². The Morgan fingerprint density at radius 3 is 2.96 bits per heavy atom. The summed E-state index contributed by atoms with van der Waals surface area (Å²) in [5.74, 6) is 1.56. The molecule has 6 heteroatoms. The van der Waals surface area contributed by atoms with Gasteiger partial charge in [0.05, 0.1) is 19.8 Å². The molecule has 134 valence electrons. The van der Waals surface area contributed by atoms with Crippen LogP contribution in [0.3, 0.4) is 0 Å². The Balaban J connectivity index is 1.57. The molecule has 0 bridgehead atoms. The van der Waals surface area contributed by atoms with Crippen molar-refractivity contribution in [3.63, 3.8) is 0 Å². The minimum Gasteiger partial charge on any atom is -0.379 e. The van der Waals surface area contributed by atoms with Gasteiger partial charge in [0.15, 0.2) is 5.96 Å². The summed E-state index contributed by atoms with van der Waals surface area (Å²) in [6, 6.07) is 4.98. The molecule has 0 aliphatic carbocycles. The van der Waals surface area contributed by atoms with E-state index in [1.807, 2.05) is 11.3 Å². The maximum Gasteiger partial charge on any atom is 0.193 e. The topological polar surface area (TPSA) is 40.1 Å². The van der Waals surface area contributed by atoms with E-state index in [2.05, 4.69) is 46.5 Å².